The summed E-state index contributed by atoms with van der Waals surface area (Å²) in [6, 6.07) is 0.529. The van der Waals surface area contributed by atoms with Crippen molar-refractivity contribution < 1.29 is 4.52 Å². The summed E-state index contributed by atoms with van der Waals surface area (Å²) in [4.78, 5) is 8.54. The maximum atomic E-state index is 4.87. The van der Waals surface area contributed by atoms with E-state index in [0.29, 0.717) is 18.5 Å². The zero-order valence-corrected chi connectivity index (χ0v) is 9.67. The Hall–Kier alpha value is -1.04. The van der Waals surface area contributed by atoms with Gasteiger partial charge in [-0.3, -0.25) is 4.99 Å². The van der Waals surface area contributed by atoms with E-state index in [9.17, 15) is 0 Å². The molecule has 0 aromatic carbocycles. The minimum absolute atomic E-state index is 0.529. The van der Waals surface area contributed by atoms with Gasteiger partial charge >= 0.3 is 0 Å². The van der Waals surface area contributed by atoms with Crippen LogP contribution in [-0.2, 0) is 6.42 Å². The van der Waals surface area contributed by atoms with Crippen LogP contribution in [0.3, 0.4) is 0 Å². The molecule has 0 aliphatic carbocycles. The van der Waals surface area contributed by atoms with E-state index in [1.165, 1.54) is 0 Å². The number of hydrogen-bond donors (Lipinski definition) is 1. The molecular weight excluding hydrogens is 212 g/mol. The second kappa shape index (κ2) is 4.65. The van der Waals surface area contributed by atoms with Crippen LogP contribution in [-0.4, -0.2) is 33.6 Å². The van der Waals surface area contributed by atoms with E-state index in [2.05, 4.69) is 27.4 Å². The number of nitrogens with zero attached hydrogens (tertiary/aromatic N) is 3. The zero-order chi connectivity index (χ0) is 10.7. The van der Waals surface area contributed by atoms with Crippen molar-refractivity contribution in [3.05, 3.63) is 11.7 Å². The third-order valence-electron chi connectivity index (χ3n) is 2.00. The molecule has 1 saturated heterocycles. The Bertz CT molecular complexity index is 363. The molecule has 15 heavy (non-hydrogen) atoms. The smallest absolute Gasteiger partial charge is 0.223 e. The fourth-order valence-electron chi connectivity index (χ4n) is 1.29. The molecule has 2 rings (SSSR count). The standard InChI is InChI=1S/C9H14N4OS/c1-6-5-15-9(11-6)10-4-3-8-12-7(2)14-13-8/h6H,3-5H2,1-2H3,(H,10,11). The number of rotatable bonds is 3. The summed E-state index contributed by atoms with van der Waals surface area (Å²) in [6.07, 6.45) is 0.734. The van der Waals surface area contributed by atoms with Crippen molar-refractivity contribution in [3.63, 3.8) is 0 Å². The normalized spacial score (nSPS) is 23.3. The number of hydrogen-bond acceptors (Lipinski definition) is 5. The lowest BCUT2D eigenvalue weighted by Crippen LogP contribution is -2.23. The summed E-state index contributed by atoms with van der Waals surface area (Å²) in [7, 11) is 0. The van der Waals surface area contributed by atoms with Gasteiger partial charge in [0.1, 0.15) is 0 Å². The third-order valence-corrected chi connectivity index (χ3v) is 3.19. The van der Waals surface area contributed by atoms with Crippen LogP contribution in [0.2, 0.25) is 0 Å². The van der Waals surface area contributed by atoms with E-state index < -0.39 is 0 Å². The summed E-state index contributed by atoms with van der Waals surface area (Å²) >= 11 is 1.77. The van der Waals surface area contributed by atoms with E-state index >= 15 is 0 Å². The van der Waals surface area contributed by atoms with Crippen molar-refractivity contribution in [3.8, 4) is 0 Å². The predicted molar refractivity (Wildman–Crippen MR) is 60.1 cm³/mol. The first-order valence-electron chi connectivity index (χ1n) is 4.97. The number of thioether (sulfide) groups is 1. The number of aromatic nitrogens is 2. The molecule has 0 saturated carbocycles. The van der Waals surface area contributed by atoms with Gasteiger partial charge in [0, 0.05) is 31.7 Å². The average molecular weight is 226 g/mol. The van der Waals surface area contributed by atoms with Crippen LogP contribution in [0.15, 0.2) is 9.52 Å². The van der Waals surface area contributed by atoms with Gasteiger partial charge in [0.05, 0.1) is 0 Å². The molecule has 1 aliphatic heterocycles. The molecule has 0 radical (unpaired) electrons. The minimum atomic E-state index is 0.529. The van der Waals surface area contributed by atoms with Crippen molar-refractivity contribution in [1.82, 2.24) is 15.5 Å². The first-order valence-corrected chi connectivity index (χ1v) is 5.95. The van der Waals surface area contributed by atoms with Gasteiger partial charge in [0.25, 0.3) is 0 Å². The molecule has 82 valence electrons. The van der Waals surface area contributed by atoms with Crippen molar-refractivity contribution in [2.24, 2.45) is 4.99 Å². The predicted octanol–water partition coefficient (Wildman–Crippen LogP) is 1.00. The van der Waals surface area contributed by atoms with Crippen LogP contribution in [0, 0.1) is 6.92 Å². The Balaban J connectivity index is 1.79. The Morgan fingerprint density at radius 3 is 3.13 bits per heavy atom. The zero-order valence-electron chi connectivity index (χ0n) is 8.86. The summed E-state index contributed by atoms with van der Waals surface area (Å²) < 4.78 is 4.87. The summed E-state index contributed by atoms with van der Waals surface area (Å²) in [6.45, 7) is 4.65. The highest BCUT2D eigenvalue weighted by Gasteiger charge is 2.14. The summed E-state index contributed by atoms with van der Waals surface area (Å²) in [5.41, 5.74) is 0. The Morgan fingerprint density at radius 2 is 2.53 bits per heavy atom. The SMILES string of the molecule is Cc1nc(CCN=C2NC(C)CS2)no1. The lowest BCUT2D eigenvalue weighted by Gasteiger charge is -1.99. The molecule has 0 amide bonds. The van der Waals surface area contributed by atoms with Gasteiger partial charge in [-0.2, -0.15) is 4.98 Å². The molecule has 1 aromatic heterocycles. The lowest BCUT2D eigenvalue weighted by molar-refractivity contribution is 0.387. The topological polar surface area (TPSA) is 63.3 Å². The van der Waals surface area contributed by atoms with Crippen LogP contribution in [0.5, 0.6) is 0 Å². The average Bonchev–Trinajstić information content (AvgIpc) is 2.76. The number of aryl methyl sites for hydroxylation is 1. The second-order valence-electron chi connectivity index (χ2n) is 3.52. The van der Waals surface area contributed by atoms with Crippen molar-refractivity contribution in [2.75, 3.05) is 12.3 Å². The third kappa shape index (κ3) is 2.95. The summed E-state index contributed by atoms with van der Waals surface area (Å²) in [5.74, 6) is 2.44. The second-order valence-corrected chi connectivity index (χ2v) is 4.53. The number of aliphatic imine (C=N–C) groups is 1. The molecule has 6 heteroatoms. The van der Waals surface area contributed by atoms with Crippen LogP contribution in [0.25, 0.3) is 0 Å². The van der Waals surface area contributed by atoms with E-state index in [1.807, 2.05) is 0 Å². The van der Waals surface area contributed by atoms with E-state index in [0.717, 1.165) is 23.2 Å². The molecule has 2 heterocycles. The molecule has 1 N–H and O–H groups in total. The molecule has 0 spiro atoms. The first kappa shape index (κ1) is 10.5. The number of amidine groups is 1. The van der Waals surface area contributed by atoms with E-state index in [4.69, 9.17) is 4.52 Å². The van der Waals surface area contributed by atoms with Gasteiger partial charge < -0.3 is 9.84 Å². The van der Waals surface area contributed by atoms with Crippen LogP contribution >= 0.6 is 11.8 Å². The molecule has 1 aromatic rings. The highest BCUT2D eigenvalue weighted by atomic mass is 32.2. The maximum Gasteiger partial charge on any atom is 0.223 e. The van der Waals surface area contributed by atoms with Gasteiger partial charge in [-0.15, -0.1) is 0 Å². The Morgan fingerprint density at radius 1 is 1.67 bits per heavy atom. The van der Waals surface area contributed by atoms with Crippen molar-refractivity contribution >= 4 is 16.9 Å². The quantitative estimate of drug-likeness (QED) is 0.833. The molecule has 1 aliphatic rings. The van der Waals surface area contributed by atoms with Gasteiger partial charge in [0.15, 0.2) is 11.0 Å². The Labute approximate surface area is 92.7 Å². The van der Waals surface area contributed by atoms with Crippen LogP contribution in [0.4, 0.5) is 0 Å². The lowest BCUT2D eigenvalue weighted by atomic mass is 10.4. The van der Waals surface area contributed by atoms with E-state index in [1.54, 1.807) is 18.7 Å². The fraction of sp³-hybridized carbons (Fsp3) is 0.667. The minimum Gasteiger partial charge on any atom is -0.362 e. The molecule has 1 atom stereocenters. The maximum absolute atomic E-state index is 4.87. The van der Waals surface area contributed by atoms with Gasteiger partial charge in [0.2, 0.25) is 5.89 Å². The molecular formula is C9H14N4OS. The van der Waals surface area contributed by atoms with Crippen LogP contribution in [0.1, 0.15) is 18.6 Å². The largest absolute Gasteiger partial charge is 0.362 e. The monoisotopic (exact) mass is 226 g/mol. The number of nitrogens with one attached hydrogen (secondary N) is 1. The van der Waals surface area contributed by atoms with Crippen molar-refractivity contribution in [2.45, 2.75) is 26.3 Å². The van der Waals surface area contributed by atoms with Gasteiger partial charge in [-0.05, 0) is 6.92 Å². The van der Waals surface area contributed by atoms with E-state index in [-0.39, 0.29) is 0 Å². The molecule has 5 nitrogen and oxygen atoms in total. The van der Waals surface area contributed by atoms with Gasteiger partial charge in [-0.25, -0.2) is 0 Å². The highest BCUT2D eigenvalue weighted by Crippen LogP contribution is 2.12. The molecule has 1 unspecified atom stereocenters. The first-order chi connectivity index (χ1) is 7.24. The molecule has 0 bridgehead atoms. The fourth-order valence-corrected chi connectivity index (χ4v) is 2.25. The van der Waals surface area contributed by atoms with Crippen LogP contribution < -0.4 is 5.32 Å². The molecule has 1 fully saturated rings. The summed E-state index contributed by atoms with van der Waals surface area (Å²) in [5, 5.41) is 8.14. The van der Waals surface area contributed by atoms with Gasteiger partial charge in [-0.1, -0.05) is 16.9 Å². The Kier molecular flexibility index (Phi) is 3.25. The van der Waals surface area contributed by atoms with Crippen molar-refractivity contribution in [1.29, 1.82) is 0 Å². The highest BCUT2D eigenvalue weighted by molar-refractivity contribution is 8.14.